The summed E-state index contributed by atoms with van der Waals surface area (Å²) in [5.41, 5.74) is 1.18. The Morgan fingerprint density at radius 3 is 2.70 bits per heavy atom. The van der Waals surface area contributed by atoms with E-state index in [1.54, 1.807) is 11.3 Å². The van der Waals surface area contributed by atoms with E-state index in [1.165, 1.54) is 36.9 Å². The lowest BCUT2D eigenvalue weighted by Crippen LogP contribution is -2.46. The highest BCUT2D eigenvalue weighted by atomic mass is 32.1. The molecule has 1 fully saturated rings. The number of nitrogens with one attached hydrogen (secondary N) is 1. The minimum absolute atomic E-state index is 0.694. The second-order valence-corrected chi connectivity index (χ2v) is 6.81. The number of thiazole rings is 1. The van der Waals surface area contributed by atoms with Crippen LogP contribution in [0.3, 0.4) is 0 Å². The normalized spacial score (nSPS) is 17.1. The first-order chi connectivity index (χ1) is 9.69. The monoisotopic (exact) mass is 296 g/mol. The van der Waals surface area contributed by atoms with E-state index in [0.717, 1.165) is 26.2 Å². The summed E-state index contributed by atoms with van der Waals surface area (Å²) in [5, 5.41) is 6.85. The highest BCUT2D eigenvalue weighted by Gasteiger charge is 2.18. The SMILES string of the molecule is CCCN1CCN(c2nc(CNCC(C)C)cs2)CC1. The van der Waals surface area contributed by atoms with Gasteiger partial charge in [-0.3, -0.25) is 4.90 Å². The third-order valence-electron chi connectivity index (χ3n) is 3.58. The Kier molecular flexibility index (Phi) is 6.26. The quantitative estimate of drug-likeness (QED) is 0.837. The molecule has 0 radical (unpaired) electrons. The van der Waals surface area contributed by atoms with Crippen molar-refractivity contribution in [3.8, 4) is 0 Å². The summed E-state index contributed by atoms with van der Waals surface area (Å²) in [5.74, 6) is 0.694. The fraction of sp³-hybridized carbons (Fsp3) is 0.800. The van der Waals surface area contributed by atoms with Crippen molar-refractivity contribution < 1.29 is 0 Å². The molecular formula is C15H28N4S. The average molecular weight is 296 g/mol. The first-order valence-corrected chi connectivity index (χ1v) is 8.69. The highest BCUT2D eigenvalue weighted by Crippen LogP contribution is 2.21. The third-order valence-corrected chi connectivity index (χ3v) is 4.53. The fourth-order valence-electron chi connectivity index (χ4n) is 2.49. The van der Waals surface area contributed by atoms with Gasteiger partial charge >= 0.3 is 0 Å². The molecule has 0 unspecified atom stereocenters. The van der Waals surface area contributed by atoms with Crippen LogP contribution in [-0.2, 0) is 6.54 Å². The molecule has 1 aliphatic rings. The molecule has 0 spiro atoms. The summed E-state index contributed by atoms with van der Waals surface area (Å²) in [7, 11) is 0. The molecule has 1 N–H and O–H groups in total. The Hall–Kier alpha value is -0.650. The van der Waals surface area contributed by atoms with Gasteiger partial charge in [0, 0.05) is 38.1 Å². The van der Waals surface area contributed by atoms with Gasteiger partial charge in [-0.2, -0.15) is 0 Å². The molecule has 0 bridgehead atoms. The fourth-order valence-corrected chi connectivity index (χ4v) is 3.37. The van der Waals surface area contributed by atoms with Crippen molar-refractivity contribution >= 4 is 16.5 Å². The zero-order valence-electron chi connectivity index (χ0n) is 13.1. The smallest absolute Gasteiger partial charge is 0.185 e. The van der Waals surface area contributed by atoms with Crippen molar-refractivity contribution in [1.29, 1.82) is 0 Å². The van der Waals surface area contributed by atoms with Crippen LogP contribution >= 0.6 is 11.3 Å². The van der Waals surface area contributed by atoms with Crippen LogP contribution in [0, 0.1) is 5.92 Å². The molecule has 20 heavy (non-hydrogen) atoms. The molecule has 1 aromatic rings. The molecule has 0 atom stereocenters. The van der Waals surface area contributed by atoms with Gasteiger partial charge in [-0.25, -0.2) is 4.98 Å². The summed E-state index contributed by atoms with van der Waals surface area (Å²) in [6.07, 6.45) is 1.25. The van der Waals surface area contributed by atoms with E-state index in [2.05, 4.69) is 41.3 Å². The molecule has 2 rings (SSSR count). The van der Waals surface area contributed by atoms with E-state index in [4.69, 9.17) is 4.98 Å². The van der Waals surface area contributed by atoms with Crippen LogP contribution in [0.1, 0.15) is 32.9 Å². The van der Waals surface area contributed by atoms with Crippen LogP contribution in [0.4, 0.5) is 5.13 Å². The Morgan fingerprint density at radius 2 is 2.05 bits per heavy atom. The van der Waals surface area contributed by atoms with Crippen LogP contribution in [0.2, 0.25) is 0 Å². The maximum Gasteiger partial charge on any atom is 0.185 e. The zero-order chi connectivity index (χ0) is 14.4. The number of anilines is 1. The van der Waals surface area contributed by atoms with Gasteiger partial charge in [0.15, 0.2) is 5.13 Å². The summed E-state index contributed by atoms with van der Waals surface area (Å²) < 4.78 is 0. The van der Waals surface area contributed by atoms with Crippen LogP contribution < -0.4 is 10.2 Å². The zero-order valence-corrected chi connectivity index (χ0v) is 13.9. The first kappa shape index (κ1) is 15.7. The number of piperazine rings is 1. The molecule has 0 amide bonds. The van der Waals surface area contributed by atoms with E-state index in [-0.39, 0.29) is 0 Å². The number of hydrogen-bond donors (Lipinski definition) is 1. The molecule has 1 aromatic heterocycles. The van der Waals surface area contributed by atoms with Crippen LogP contribution in [0.15, 0.2) is 5.38 Å². The highest BCUT2D eigenvalue weighted by molar-refractivity contribution is 7.13. The van der Waals surface area contributed by atoms with Gasteiger partial charge in [0.25, 0.3) is 0 Å². The largest absolute Gasteiger partial charge is 0.346 e. The molecule has 0 aromatic carbocycles. The lowest BCUT2D eigenvalue weighted by Gasteiger charge is -2.34. The lowest BCUT2D eigenvalue weighted by molar-refractivity contribution is 0.258. The van der Waals surface area contributed by atoms with Gasteiger partial charge < -0.3 is 10.2 Å². The molecule has 114 valence electrons. The second-order valence-electron chi connectivity index (χ2n) is 5.97. The van der Waals surface area contributed by atoms with Gasteiger partial charge in [-0.15, -0.1) is 11.3 Å². The number of aromatic nitrogens is 1. The Labute approximate surface area is 127 Å². The Bertz CT molecular complexity index is 383. The minimum Gasteiger partial charge on any atom is -0.346 e. The molecule has 2 heterocycles. The Balaban J connectivity index is 1.78. The molecule has 4 nitrogen and oxygen atoms in total. The average Bonchev–Trinajstić information content (AvgIpc) is 2.88. The maximum atomic E-state index is 4.77. The predicted molar refractivity (Wildman–Crippen MR) is 87.6 cm³/mol. The Morgan fingerprint density at radius 1 is 1.30 bits per heavy atom. The van der Waals surface area contributed by atoms with Crippen LogP contribution in [0.25, 0.3) is 0 Å². The van der Waals surface area contributed by atoms with Crippen LogP contribution in [-0.4, -0.2) is 49.2 Å². The lowest BCUT2D eigenvalue weighted by atomic mass is 10.2. The van der Waals surface area contributed by atoms with Crippen molar-refractivity contribution in [2.24, 2.45) is 5.92 Å². The molecule has 1 saturated heterocycles. The van der Waals surface area contributed by atoms with Gasteiger partial charge in [0.2, 0.25) is 0 Å². The topological polar surface area (TPSA) is 31.4 Å². The van der Waals surface area contributed by atoms with Gasteiger partial charge in [-0.1, -0.05) is 20.8 Å². The van der Waals surface area contributed by atoms with E-state index in [0.29, 0.717) is 5.92 Å². The van der Waals surface area contributed by atoms with Crippen molar-refractivity contribution in [1.82, 2.24) is 15.2 Å². The maximum absolute atomic E-state index is 4.77. The van der Waals surface area contributed by atoms with E-state index < -0.39 is 0 Å². The van der Waals surface area contributed by atoms with E-state index in [9.17, 15) is 0 Å². The van der Waals surface area contributed by atoms with Crippen molar-refractivity contribution in [3.05, 3.63) is 11.1 Å². The molecule has 5 heteroatoms. The molecule has 0 saturated carbocycles. The molecular weight excluding hydrogens is 268 g/mol. The number of rotatable bonds is 7. The third kappa shape index (κ3) is 4.72. The van der Waals surface area contributed by atoms with Gasteiger partial charge in [0.1, 0.15) is 0 Å². The summed E-state index contributed by atoms with van der Waals surface area (Å²) in [4.78, 5) is 9.75. The minimum atomic E-state index is 0.694. The van der Waals surface area contributed by atoms with E-state index in [1.807, 2.05) is 0 Å². The molecule has 0 aliphatic carbocycles. The van der Waals surface area contributed by atoms with Crippen LogP contribution in [0.5, 0.6) is 0 Å². The van der Waals surface area contributed by atoms with Crippen molar-refractivity contribution in [2.75, 3.05) is 44.2 Å². The number of nitrogens with zero attached hydrogens (tertiary/aromatic N) is 3. The summed E-state index contributed by atoms with van der Waals surface area (Å²) in [6.45, 7) is 14.5. The van der Waals surface area contributed by atoms with E-state index >= 15 is 0 Å². The summed E-state index contributed by atoms with van der Waals surface area (Å²) >= 11 is 1.79. The van der Waals surface area contributed by atoms with Crippen molar-refractivity contribution in [3.63, 3.8) is 0 Å². The summed E-state index contributed by atoms with van der Waals surface area (Å²) in [6, 6.07) is 0. The molecule has 1 aliphatic heterocycles. The predicted octanol–water partition coefficient (Wildman–Crippen LogP) is 2.42. The van der Waals surface area contributed by atoms with Gasteiger partial charge in [0.05, 0.1) is 5.69 Å². The first-order valence-electron chi connectivity index (χ1n) is 7.81. The van der Waals surface area contributed by atoms with Gasteiger partial charge in [-0.05, 0) is 25.4 Å². The standard InChI is InChI=1S/C15H28N4S/c1-4-5-18-6-8-19(9-7-18)15-17-14(12-20-15)11-16-10-13(2)3/h12-13,16H,4-11H2,1-3H3. The van der Waals surface area contributed by atoms with Crippen molar-refractivity contribution in [2.45, 2.75) is 33.7 Å². The number of hydrogen-bond acceptors (Lipinski definition) is 5. The second kappa shape index (κ2) is 7.96.